The van der Waals surface area contributed by atoms with Gasteiger partial charge in [0.15, 0.2) is 5.78 Å². The molecule has 2 aliphatic rings. The molecule has 0 saturated heterocycles. The average Bonchev–Trinajstić information content (AvgIpc) is 2.51. The van der Waals surface area contributed by atoms with E-state index in [1.54, 1.807) is 6.92 Å². The highest BCUT2D eigenvalue weighted by atomic mass is 16.6. The number of ketones is 1. The predicted octanol–water partition coefficient (Wildman–Crippen LogP) is 0.935. The van der Waals surface area contributed by atoms with Crippen molar-refractivity contribution in [1.82, 2.24) is 0 Å². The maximum Gasteiger partial charge on any atom is 0.358 e. The number of hydrogen-bond acceptors (Lipinski definition) is 7. The van der Waals surface area contributed by atoms with Gasteiger partial charge in [-0.25, -0.2) is 4.79 Å². The molecule has 1 aliphatic heterocycles. The number of aromatic hydroxyl groups is 1. The van der Waals surface area contributed by atoms with Gasteiger partial charge in [0.25, 0.3) is 5.60 Å². The van der Waals surface area contributed by atoms with E-state index in [4.69, 9.17) is 9.47 Å². The Balaban J connectivity index is 2.35. The van der Waals surface area contributed by atoms with Gasteiger partial charge in [-0.1, -0.05) is 13.0 Å². The maximum absolute atomic E-state index is 12.4. The Hall–Kier alpha value is -2.54. The molecule has 0 radical (unpaired) electrons. The van der Waals surface area contributed by atoms with Crippen molar-refractivity contribution in [3.63, 3.8) is 0 Å². The van der Waals surface area contributed by atoms with Gasteiger partial charge >= 0.3 is 5.97 Å². The van der Waals surface area contributed by atoms with Gasteiger partial charge in [0.2, 0.25) is 0 Å². The van der Waals surface area contributed by atoms with Gasteiger partial charge < -0.3 is 24.8 Å². The molecule has 3 atom stereocenters. The minimum Gasteiger partial charge on any atom is -0.507 e. The predicted molar refractivity (Wildman–Crippen MR) is 77.8 cm³/mol. The van der Waals surface area contributed by atoms with Gasteiger partial charge in [0, 0.05) is 6.42 Å². The summed E-state index contributed by atoms with van der Waals surface area (Å²) < 4.78 is 10.4. The molecule has 0 spiro atoms. The van der Waals surface area contributed by atoms with E-state index >= 15 is 0 Å². The molecule has 1 aromatic rings. The van der Waals surface area contributed by atoms with Gasteiger partial charge in [-0.05, 0) is 18.1 Å². The average molecular weight is 320 g/mol. The fourth-order valence-corrected chi connectivity index (χ4v) is 3.24. The zero-order valence-corrected chi connectivity index (χ0v) is 12.6. The number of ether oxygens (including phenoxy) is 2. The summed E-state index contributed by atoms with van der Waals surface area (Å²) >= 11 is 0. The highest BCUT2D eigenvalue weighted by Crippen LogP contribution is 2.49. The number of phenols is 1. The first-order valence-electron chi connectivity index (χ1n) is 7.09. The smallest absolute Gasteiger partial charge is 0.358 e. The second-order valence-corrected chi connectivity index (χ2v) is 5.75. The molecule has 3 N–H and O–H groups in total. The van der Waals surface area contributed by atoms with Crippen LogP contribution in [0, 0.1) is 5.92 Å². The molecule has 3 rings (SSSR count). The minimum atomic E-state index is -2.14. The van der Waals surface area contributed by atoms with Gasteiger partial charge in [-0.15, -0.1) is 0 Å². The van der Waals surface area contributed by atoms with E-state index in [9.17, 15) is 24.9 Å². The summed E-state index contributed by atoms with van der Waals surface area (Å²) in [6.45, 7) is 1.60. The summed E-state index contributed by atoms with van der Waals surface area (Å²) in [7, 11) is 1.10. The maximum atomic E-state index is 12.4. The van der Waals surface area contributed by atoms with Crippen LogP contribution in [0.1, 0.15) is 18.9 Å². The van der Waals surface area contributed by atoms with E-state index in [2.05, 4.69) is 0 Å². The molecule has 1 heterocycles. The van der Waals surface area contributed by atoms with Gasteiger partial charge in [0.05, 0.1) is 12.7 Å². The molecule has 23 heavy (non-hydrogen) atoms. The number of rotatable bonds is 1. The third-order valence-electron chi connectivity index (χ3n) is 4.35. The van der Waals surface area contributed by atoms with Crippen LogP contribution >= 0.6 is 0 Å². The van der Waals surface area contributed by atoms with Gasteiger partial charge in [-0.3, -0.25) is 4.79 Å². The monoisotopic (exact) mass is 320 g/mol. The molecule has 0 amide bonds. The van der Waals surface area contributed by atoms with E-state index in [1.165, 1.54) is 18.2 Å². The van der Waals surface area contributed by atoms with Crippen molar-refractivity contribution in [2.45, 2.75) is 25.0 Å². The standard InChI is InChI=1S/C16H16O7/c1-7-6-9(18)12-13(19)11-8(17)4-3-5-10(11)23-16(12,14(7)20)15(21)22-2/h3-5,7,14,17,19-20H,6H2,1-2H3/t7-,14?,16?/m0/s1. The van der Waals surface area contributed by atoms with Crippen molar-refractivity contribution in [2.24, 2.45) is 5.92 Å². The SMILES string of the molecule is COC(=O)C12Oc3cccc(O)c3C(O)=C1C(=O)C[C@H](C)C2O. The number of hydrogen-bond donors (Lipinski definition) is 3. The Labute approximate surface area is 131 Å². The lowest BCUT2D eigenvalue weighted by molar-refractivity contribution is -0.173. The zero-order valence-electron chi connectivity index (χ0n) is 12.6. The van der Waals surface area contributed by atoms with Crippen molar-refractivity contribution in [1.29, 1.82) is 0 Å². The van der Waals surface area contributed by atoms with Crippen molar-refractivity contribution in [2.75, 3.05) is 7.11 Å². The largest absolute Gasteiger partial charge is 0.507 e. The first kappa shape index (κ1) is 15.4. The van der Waals surface area contributed by atoms with Crippen molar-refractivity contribution in [3.05, 3.63) is 29.3 Å². The van der Waals surface area contributed by atoms with Gasteiger partial charge in [0.1, 0.15) is 28.9 Å². The molecular weight excluding hydrogens is 304 g/mol. The number of aliphatic hydroxyl groups is 2. The van der Waals surface area contributed by atoms with Crippen LogP contribution in [0.4, 0.5) is 0 Å². The number of Topliss-reactive ketones (excluding diaryl/α,β-unsaturated/α-hetero) is 1. The summed E-state index contributed by atoms with van der Waals surface area (Å²) in [5.74, 6) is -2.99. The summed E-state index contributed by atoms with van der Waals surface area (Å²) in [6.07, 6.45) is -1.45. The highest BCUT2D eigenvalue weighted by Gasteiger charge is 2.62. The van der Waals surface area contributed by atoms with Crippen molar-refractivity contribution >= 4 is 17.5 Å². The summed E-state index contributed by atoms with van der Waals surface area (Å²) in [6, 6.07) is 4.19. The third kappa shape index (κ3) is 1.86. The molecule has 1 fully saturated rings. The third-order valence-corrected chi connectivity index (χ3v) is 4.35. The first-order valence-corrected chi connectivity index (χ1v) is 7.09. The molecule has 1 aromatic carbocycles. The Morgan fingerprint density at radius 1 is 1.39 bits per heavy atom. The van der Waals surface area contributed by atoms with E-state index in [1.807, 2.05) is 0 Å². The number of fused-ring (bicyclic) bond motifs is 2. The fourth-order valence-electron chi connectivity index (χ4n) is 3.24. The van der Waals surface area contributed by atoms with E-state index < -0.39 is 35.1 Å². The minimum absolute atomic E-state index is 0.0161. The Morgan fingerprint density at radius 3 is 2.74 bits per heavy atom. The van der Waals surface area contributed by atoms with E-state index in [-0.39, 0.29) is 29.1 Å². The second kappa shape index (κ2) is 4.99. The molecule has 0 bridgehead atoms. The Bertz CT molecular complexity index is 736. The molecule has 1 saturated carbocycles. The van der Waals surface area contributed by atoms with Crippen LogP contribution in [-0.4, -0.2) is 45.9 Å². The van der Waals surface area contributed by atoms with Crippen LogP contribution in [0.15, 0.2) is 23.8 Å². The van der Waals surface area contributed by atoms with Crippen LogP contribution in [0.25, 0.3) is 5.76 Å². The molecule has 7 nitrogen and oxygen atoms in total. The second-order valence-electron chi connectivity index (χ2n) is 5.75. The molecule has 1 aliphatic carbocycles. The van der Waals surface area contributed by atoms with Crippen LogP contribution in [-0.2, 0) is 14.3 Å². The zero-order chi connectivity index (χ0) is 16.9. The summed E-state index contributed by atoms with van der Waals surface area (Å²) in [5.41, 5.74) is -2.62. The topological polar surface area (TPSA) is 113 Å². The van der Waals surface area contributed by atoms with E-state index in [0.717, 1.165) is 7.11 Å². The lowest BCUT2D eigenvalue weighted by Crippen LogP contribution is -2.64. The molecule has 0 aromatic heterocycles. The number of benzene rings is 1. The summed E-state index contributed by atoms with van der Waals surface area (Å²) in [5, 5.41) is 31.0. The molecule has 2 unspecified atom stereocenters. The quantitative estimate of drug-likeness (QED) is 0.660. The number of phenolic OH excluding ortho intramolecular Hbond substituents is 1. The Morgan fingerprint density at radius 2 is 2.09 bits per heavy atom. The van der Waals surface area contributed by atoms with Crippen LogP contribution in [0.3, 0.4) is 0 Å². The van der Waals surface area contributed by atoms with Crippen molar-refractivity contribution < 1.29 is 34.4 Å². The number of carbonyl (C=O) groups is 2. The van der Waals surface area contributed by atoms with Crippen molar-refractivity contribution in [3.8, 4) is 11.5 Å². The fraction of sp³-hybridized carbons (Fsp3) is 0.375. The highest BCUT2D eigenvalue weighted by molar-refractivity contribution is 6.12. The lowest BCUT2D eigenvalue weighted by Gasteiger charge is -2.45. The van der Waals surface area contributed by atoms with E-state index in [0.29, 0.717) is 0 Å². The lowest BCUT2D eigenvalue weighted by atomic mass is 9.69. The molecular formula is C16H16O7. The van der Waals surface area contributed by atoms with Crippen LogP contribution < -0.4 is 4.74 Å². The number of esters is 1. The summed E-state index contributed by atoms with van der Waals surface area (Å²) in [4.78, 5) is 24.8. The molecule has 122 valence electrons. The number of methoxy groups -OCH3 is 1. The first-order chi connectivity index (χ1) is 10.8. The Kier molecular flexibility index (Phi) is 3.33. The van der Waals surface area contributed by atoms with Crippen LogP contribution in [0.5, 0.6) is 11.5 Å². The number of carbonyl (C=O) groups excluding carboxylic acids is 2. The van der Waals surface area contributed by atoms with Gasteiger partial charge in [-0.2, -0.15) is 0 Å². The normalized spacial score (nSPS) is 29.4. The molecule has 7 heteroatoms. The van der Waals surface area contributed by atoms with Crippen LogP contribution in [0.2, 0.25) is 0 Å². The number of aliphatic hydroxyl groups excluding tert-OH is 2.